The zero-order chi connectivity index (χ0) is 15.6. The van der Waals surface area contributed by atoms with Crippen molar-refractivity contribution in [2.45, 2.75) is 90.4 Å². The van der Waals surface area contributed by atoms with Crippen LogP contribution >= 0.6 is 0 Å². The van der Waals surface area contributed by atoms with Crippen LogP contribution in [0.3, 0.4) is 0 Å². The van der Waals surface area contributed by atoms with Crippen LogP contribution in [0.4, 0.5) is 0 Å². The molecule has 5 atom stereocenters. The van der Waals surface area contributed by atoms with Gasteiger partial charge in [-0.2, -0.15) is 5.26 Å². The van der Waals surface area contributed by atoms with E-state index in [-0.39, 0.29) is 5.54 Å². The van der Waals surface area contributed by atoms with Crippen LogP contribution in [0.15, 0.2) is 0 Å². The largest absolute Gasteiger partial charge is 0.297 e. The molecule has 1 saturated carbocycles. The maximum Gasteiger partial charge on any atom is 0.108 e. The fourth-order valence-electron chi connectivity index (χ4n) is 4.59. The van der Waals surface area contributed by atoms with Crippen molar-refractivity contribution in [2.75, 3.05) is 6.54 Å². The first-order valence-electron chi connectivity index (χ1n) is 8.81. The Morgan fingerprint density at radius 3 is 2.62 bits per heavy atom. The SMILES string of the molecule is CC1CC(C)C(C)N(C2CCCC(C#N)(NC(C)C)C2)C1. The molecule has 0 radical (unpaired) electrons. The lowest BCUT2D eigenvalue weighted by Gasteiger charge is -2.49. The van der Waals surface area contributed by atoms with E-state index in [1.54, 1.807) is 0 Å². The number of hydrogen-bond acceptors (Lipinski definition) is 3. The molecule has 1 heterocycles. The van der Waals surface area contributed by atoms with E-state index in [1.807, 2.05) is 0 Å². The molecule has 0 aromatic rings. The molecule has 5 unspecified atom stereocenters. The smallest absolute Gasteiger partial charge is 0.108 e. The molecule has 1 aliphatic heterocycles. The first kappa shape index (κ1) is 16.8. The summed E-state index contributed by atoms with van der Waals surface area (Å²) in [5.41, 5.74) is -0.305. The highest BCUT2D eigenvalue weighted by molar-refractivity contribution is 5.12. The molecular weight excluding hydrogens is 258 g/mol. The molecular formula is C18H33N3. The molecule has 1 N–H and O–H groups in total. The Bertz CT molecular complexity index is 386. The van der Waals surface area contributed by atoms with Gasteiger partial charge in [0.1, 0.15) is 5.54 Å². The topological polar surface area (TPSA) is 39.1 Å². The molecule has 1 aliphatic carbocycles. The van der Waals surface area contributed by atoms with Gasteiger partial charge in [-0.15, -0.1) is 0 Å². The van der Waals surface area contributed by atoms with Crippen LogP contribution in [0.5, 0.6) is 0 Å². The third-order valence-corrected chi connectivity index (χ3v) is 5.62. The third kappa shape index (κ3) is 3.79. The fraction of sp³-hybridized carbons (Fsp3) is 0.944. The highest BCUT2D eigenvalue weighted by Gasteiger charge is 2.42. The summed E-state index contributed by atoms with van der Waals surface area (Å²) in [6, 6.07) is 4.22. The van der Waals surface area contributed by atoms with Gasteiger partial charge in [0.05, 0.1) is 6.07 Å². The summed E-state index contributed by atoms with van der Waals surface area (Å²) < 4.78 is 0. The Balaban J connectivity index is 2.11. The third-order valence-electron chi connectivity index (χ3n) is 5.62. The van der Waals surface area contributed by atoms with E-state index in [1.165, 1.54) is 25.8 Å². The predicted octanol–water partition coefficient (Wildman–Crippen LogP) is 3.56. The highest BCUT2D eigenvalue weighted by atomic mass is 15.2. The van der Waals surface area contributed by atoms with Gasteiger partial charge < -0.3 is 0 Å². The van der Waals surface area contributed by atoms with Gasteiger partial charge in [0.25, 0.3) is 0 Å². The zero-order valence-electron chi connectivity index (χ0n) is 14.5. The summed E-state index contributed by atoms with van der Waals surface area (Å²) in [4.78, 5) is 2.71. The number of rotatable bonds is 3. The van der Waals surface area contributed by atoms with Crippen LogP contribution < -0.4 is 5.32 Å². The lowest BCUT2D eigenvalue weighted by Crippen LogP contribution is -2.58. The van der Waals surface area contributed by atoms with Crippen LogP contribution in [-0.2, 0) is 0 Å². The van der Waals surface area contributed by atoms with Gasteiger partial charge >= 0.3 is 0 Å². The van der Waals surface area contributed by atoms with E-state index in [4.69, 9.17) is 0 Å². The average Bonchev–Trinajstić information content (AvgIpc) is 2.42. The van der Waals surface area contributed by atoms with Crippen molar-refractivity contribution in [3.63, 3.8) is 0 Å². The minimum atomic E-state index is -0.305. The molecule has 2 rings (SSSR count). The van der Waals surface area contributed by atoms with Crippen LogP contribution in [0.1, 0.15) is 66.7 Å². The van der Waals surface area contributed by atoms with Gasteiger partial charge in [0, 0.05) is 24.7 Å². The minimum absolute atomic E-state index is 0.305. The Kier molecular flexibility index (Phi) is 5.33. The Morgan fingerprint density at radius 2 is 2.00 bits per heavy atom. The molecule has 3 nitrogen and oxygen atoms in total. The van der Waals surface area contributed by atoms with Crippen molar-refractivity contribution in [1.82, 2.24) is 10.2 Å². The molecule has 0 spiro atoms. The quantitative estimate of drug-likeness (QED) is 0.864. The summed E-state index contributed by atoms with van der Waals surface area (Å²) >= 11 is 0. The van der Waals surface area contributed by atoms with Crippen molar-refractivity contribution in [3.8, 4) is 6.07 Å². The van der Waals surface area contributed by atoms with Gasteiger partial charge in [-0.1, -0.05) is 13.8 Å². The zero-order valence-corrected chi connectivity index (χ0v) is 14.5. The van der Waals surface area contributed by atoms with E-state index in [9.17, 15) is 5.26 Å². The Morgan fingerprint density at radius 1 is 1.29 bits per heavy atom. The number of nitrogens with one attached hydrogen (secondary N) is 1. The molecule has 120 valence electrons. The lowest BCUT2D eigenvalue weighted by molar-refractivity contribution is 0.0129. The number of nitrogens with zero attached hydrogens (tertiary/aromatic N) is 2. The second kappa shape index (κ2) is 6.67. The number of nitriles is 1. The van der Waals surface area contributed by atoms with Crippen LogP contribution in [0, 0.1) is 23.2 Å². The molecule has 3 heteroatoms. The van der Waals surface area contributed by atoms with Crippen molar-refractivity contribution < 1.29 is 0 Å². The summed E-state index contributed by atoms with van der Waals surface area (Å²) in [5, 5.41) is 13.3. The molecule has 0 amide bonds. The van der Waals surface area contributed by atoms with Crippen molar-refractivity contribution >= 4 is 0 Å². The monoisotopic (exact) mass is 291 g/mol. The minimum Gasteiger partial charge on any atom is -0.297 e. The molecule has 1 saturated heterocycles. The summed E-state index contributed by atoms with van der Waals surface area (Å²) in [6.07, 6.45) is 5.77. The van der Waals surface area contributed by atoms with Crippen molar-refractivity contribution in [1.29, 1.82) is 5.26 Å². The predicted molar refractivity (Wildman–Crippen MR) is 88.0 cm³/mol. The summed E-state index contributed by atoms with van der Waals surface area (Å²) in [7, 11) is 0. The average molecular weight is 291 g/mol. The second-order valence-corrected chi connectivity index (χ2v) is 8.00. The van der Waals surface area contributed by atoms with Crippen LogP contribution in [0.2, 0.25) is 0 Å². The van der Waals surface area contributed by atoms with Crippen LogP contribution in [-0.4, -0.2) is 35.1 Å². The van der Waals surface area contributed by atoms with Gasteiger partial charge in [0.2, 0.25) is 0 Å². The van der Waals surface area contributed by atoms with E-state index < -0.39 is 0 Å². The Labute approximate surface area is 131 Å². The summed E-state index contributed by atoms with van der Waals surface area (Å²) in [5.74, 6) is 1.55. The molecule has 2 fully saturated rings. The molecule has 0 bridgehead atoms. The normalized spacial score (nSPS) is 42.0. The Hall–Kier alpha value is -0.590. The van der Waals surface area contributed by atoms with Gasteiger partial charge in [0.15, 0.2) is 0 Å². The number of likely N-dealkylation sites (tertiary alicyclic amines) is 1. The molecule has 0 aromatic carbocycles. The number of hydrogen-bond donors (Lipinski definition) is 1. The van der Waals surface area contributed by atoms with Gasteiger partial charge in [-0.25, -0.2) is 0 Å². The fourth-order valence-corrected chi connectivity index (χ4v) is 4.59. The highest BCUT2D eigenvalue weighted by Crippen LogP contribution is 2.36. The number of piperidine rings is 1. The van der Waals surface area contributed by atoms with Gasteiger partial charge in [-0.3, -0.25) is 10.2 Å². The summed E-state index contributed by atoms with van der Waals surface area (Å²) in [6.45, 7) is 12.7. The van der Waals surface area contributed by atoms with E-state index in [0.29, 0.717) is 18.1 Å². The van der Waals surface area contributed by atoms with E-state index >= 15 is 0 Å². The van der Waals surface area contributed by atoms with E-state index in [0.717, 1.165) is 24.7 Å². The first-order valence-corrected chi connectivity index (χ1v) is 8.81. The van der Waals surface area contributed by atoms with Crippen LogP contribution in [0.25, 0.3) is 0 Å². The van der Waals surface area contributed by atoms with Crippen molar-refractivity contribution in [3.05, 3.63) is 0 Å². The van der Waals surface area contributed by atoms with Gasteiger partial charge in [-0.05, 0) is 64.7 Å². The first-order chi connectivity index (χ1) is 9.87. The molecule has 0 aromatic heterocycles. The van der Waals surface area contributed by atoms with E-state index in [2.05, 4.69) is 50.9 Å². The maximum atomic E-state index is 9.75. The second-order valence-electron chi connectivity index (χ2n) is 8.00. The lowest BCUT2D eigenvalue weighted by atomic mass is 9.76. The standard InChI is InChI=1S/C18H33N3/c1-13(2)20-18(12-19)8-6-7-17(10-18)21-11-14(3)9-15(4)16(21)5/h13-17,20H,6-11H2,1-5H3. The molecule has 21 heavy (non-hydrogen) atoms. The molecule has 2 aliphatic rings. The maximum absolute atomic E-state index is 9.75. The van der Waals surface area contributed by atoms with Crippen molar-refractivity contribution in [2.24, 2.45) is 11.8 Å².